The van der Waals surface area contributed by atoms with Gasteiger partial charge in [-0.15, -0.1) is 0 Å². The van der Waals surface area contributed by atoms with Crippen LogP contribution in [-0.2, 0) is 4.74 Å². The summed E-state index contributed by atoms with van der Waals surface area (Å²) in [5.41, 5.74) is 2.74. The van der Waals surface area contributed by atoms with Gasteiger partial charge >= 0.3 is 0 Å². The zero-order chi connectivity index (χ0) is 18.0. The first-order valence-corrected chi connectivity index (χ1v) is 10.2. The number of nitrogens with two attached hydrogens (primary N) is 1. The molecule has 1 fully saturated rings. The molecule has 0 aliphatic carbocycles. The Morgan fingerprint density at radius 1 is 0.923 bits per heavy atom. The average molecular weight is 375 g/mol. The molecule has 0 amide bonds. The van der Waals surface area contributed by atoms with Gasteiger partial charge in [0.1, 0.15) is 13.1 Å². The Labute approximate surface area is 162 Å². The lowest BCUT2D eigenvalue weighted by atomic mass is 9.88. The highest BCUT2D eigenvalue weighted by Gasteiger charge is 2.16. The fourth-order valence-corrected chi connectivity index (χ4v) is 3.87. The quantitative estimate of drug-likeness (QED) is 0.643. The van der Waals surface area contributed by atoms with Crippen LogP contribution < -0.4 is 10.2 Å². The van der Waals surface area contributed by atoms with Gasteiger partial charge in [-0.3, -0.25) is 0 Å². The van der Waals surface area contributed by atoms with E-state index in [-0.39, 0.29) is 0 Å². The third kappa shape index (κ3) is 6.10. The van der Waals surface area contributed by atoms with Gasteiger partial charge in [-0.05, 0) is 23.3 Å². The van der Waals surface area contributed by atoms with Crippen molar-refractivity contribution in [1.29, 1.82) is 0 Å². The van der Waals surface area contributed by atoms with Crippen LogP contribution in [0.5, 0.6) is 0 Å². The molecule has 0 bridgehead atoms. The summed E-state index contributed by atoms with van der Waals surface area (Å²) in [5.74, 6) is 0.439. The van der Waals surface area contributed by atoms with Crippen molar-refractivity contribution < 1.29 is 15.0 Å². The Morgan fingerprint density at radius 2 is 1.62 bits per heavy atom. The number of nitrogens with one attached hydrogen (secondary N) is 1. The van der Waals surface area contributed by atoms with E-state index in [0.29, 0.717) is 5.92 Å². The van der Waals surface area contributed by atoms with Crippen molar-refractivity contribution in [2.75, 3.05) is 45.9 Å². The van der Waals surface area contributed by atoms with E-state index in [2.05, 4.69) is 47.8 Å². The van der Waals surface area contributed by atoms with Gasteiger partial charge < -0.3 is 15.0 Å². The summed E-state index contributed by atoms with van der Waals surface area (Å²) in [5, 5.41) is 3.28. The fourth-order valence-electron chi connectivity index (χ4n) is 3.74. The minimum Gasteiger partial charge on any atom is -0.370 e. The maximum absolute atomic E-state index is 6.07. The molecule has 0 saturated carbocycles. The van der Waals surface area contributed by atoms with Gasteiger partial charge in [0, 0.05) is 23.8 Å². The van der Waals surface area contributed by atoms with E-state index in [9.17, 15) is 0 Å². The molecule has 1 saturated heterocycles. The van der Waals surface area contributed by atoms with Gasteiger partial charge in [0.05, 0.1) is 32.8 Å². The standard InChI is InChI=1S/C22H29ClN2O/c23-21-9-7-20(8-10-21)22(19-5-2-1-3-6-19)11-13-24-12-4-14-25-15-17-26-18-16-25/h1-3,5-10,22,24H,4,11-18H2/p+2/t22-/m1/s1. The molecule has 140 valence electrons. The molecule has 3 nitrogen and oxygen atoms in total. The Morgan fingerprint density at radius 3 is 2.35 bits per heavy atom. The van der Waals surface area contributed by atoms with Crippen LogP contribution >= 0.6 is 11.6 Å². The zero-order valence-corrected chi connectivity index (χ0v) is 16.3. The van der Waals surface area contributed by atoms with Crippen LogP contribution in [0.3, 0.4) is 0 Å². The predicted molar refractivity (Wildman–Crippen MR) is 107 cm³/mol. The van der Waals surface area contributed by atoms with Crippen molar-refractivity contribution in [1.82, 2.24) is 0 Å². The first-order chi connectivity index (χ1) is 12.8. The highest BCUT2D eigenvalue weighted by molar-refractivity contribution is 6.30. The van der Waals surface area contributed by atoms with Crippen molar-refractivity contribution >= 4 is 11.6 Å². The second-order valence-electron chi connectivity index (χ2n) is 7.14. The first kappa shape index (κ1) is 19.4. The molecular formula is C22H31ClN2O+2. The highest BCUT2D eigenvalue weighted by Crippen LogP contribution is 2.28. The predicted octanol–water partition coefficient (Wildman–Crippen LogP) is 1.73. The molecule has 2 aromatic rings. The molecular weight excluding hydrogens is 344 g/mol. The number of halogens is 1. The van der Waals surface area contributed by atoms with Gasteiger partial charge in [0.2, 0.25) is 0 Å². The van der Waals surface area contributed by atoms with Crippen LogP contribution in [0.25, 0.3) is 0 Å². The molecule has 0 unspecified atom stereocenters. The molecule has 2 aromatic carbocycles. The maximum Gasteiger partial charge on any atom is 0.101 e. The summed E-state index contributed by atoms with van der Waals surface area (Å²) < 4.78 is 5.43. The second-order valence-corrected chi connectivity index (χ2v) is 7.57. The molecule has 26 heavy (non-hydrogen) atoms. The molecule has 0 spiro atoms. The number of quaternary nitrogens is 2. The van der Waals surface area contributed by atoms with E-state index in [1.807, 2.05) is 12.1 Å². The van der Waals surface area contributed by atoms with Crippen LogP contribution in [-0.4, -0.2) is 45.9 Å². The Kier molecular flexibility index (Phi) is 7.96. The molecule has 1 aliphatic heterocycles. The van der Waals surface area contributed by atoms with Crippen LogP contribution in [0, 0.1) is 0 Å². The van der Waals surface area contributed by atoms with E-state index in [1.165, 1.54) is 43.7 Å². The summed E-state index contributed by atoms with van der Waals surface area (Å²) in [7, 11) is 0. The van der Waals surface area contributed by atoms with E-state index >= 15 is 0 Å². The fraction of sp³-hybridized carbons (Fsp3) is 0.455. The lowest BCUT2D eigenvalue weighted by Gasteiger charge is -2.23. The Balaban J connectivity index is 1.46. The number of rotatable bonds is 9. The maximum atomic E-state index is 6.07. The number of hydrogen-bond donors (Lipinski definition) is 2. The Bertz CT molecular complexity index is 626. The number of ether oxygens (including phenoxy) is 1. The van der Waals surface area contributed by atoms with Crippen molar-refractivity contribution in [3.8, 4) is 0 Å². The number of benzene rings is 2. The highest BCUT2D eigenvalue weighted by atomic mass is 35.5. The molecule has 1 heterocycles. The minimum absolute atomic E-state index is 0.439. The van der Waals surface area contributed by atoms with Crippen LogP contribution in [0.15, 0.2) is 54.6 Å². The van der Waals surface area contributed by atoms with E-state index in [1.54, 1.807) is 4.90 Å². The van der Waals surface area contributed by atoms with E-state index < -0.39 is 0 Å². The number of hydrogen-bond acceptors (Lipinski definition) is 1. The van der Waals surface area contributed by atoms with Gasteiger partial charge in [-0.2, -0.15) is 0 Å². The molecule has 0 radical (unpaired) electrons. The summed E-state index contributed by atoms with van der Waals surface area (Å²) >= 11 is 6.07. The van der Waals surface area contributed by atoms with Gasteiger partial charge in [-0.25, -0.2) is 0 Å². The summed E-state index contributed by atoms with van der Waals surface area (Å²) in [6.45, 7) is 7.85. The first-order valence-electron chi connectivity index (χ1n) is 9.86. The topological polar surface area (TPSA) is 30.3 Å². The average Bonchev–Trinajstić information content (AvgIpc) is 2.70. The van der Waals surface area contributed by atoms with Crippen molar-refractivity contribution in [3.05, 3.63) is 70.7 Å². The second kappa shape index (κ2) is 10.7. The molecule has 3 rings (SSSR count). The zero-order valence-electron chi connectivity index (χ0n) is 15.5. The van der Waals surface area contributed by atoms with Crippen LogP contribution in [0.4, 0.5) is 0 Å². The van der Waals surface area contributed by atoms with Gasteiger partial charge in [-0.1, -0.05) is 54.1 Å². The summed E-state index contributed by atoms with van der Waals surface area (Å²) in [6, 6.07) is 19.2. The van der Waals surface area contributed by atoms with Crippen LogP contribution in [0.2, 0.25) is 5.02 Å². The lowest BCUT2D eigenvalue weighted by molar-refractivity contribution is -0.909. The van der Waals surface area contributed by atoms with E-state index in [4.69, 9.17) is 16.3 Å². The molecule has 1 atom stereocenters. The van der Waals surface area contributed by atoms with E-state index in [0.717, 1.165) is 31.2 Å². The van der Waals surface area contributed by atoms with Gasteiger partial charge in [0.25, 0.3) is 0 Å². The normalized spacial score (nSPS) is 16.5. The molecule has 0 aromatic heterocycles. The monoisotopic (exact) mass is 374 g/mol. The third-order valence-electron chi connectivity index (χ3n) is 5.27. The molecule has 1 aliphatic rings. The third-order valence-corrected chi connectivity index (χ3v) is 5.52. The van der Waals surface area contributed by atoms with Crippen molar-refractivity contribution in [2.45, 2.75) is 18.8 Å². The largest absolute Gasteiger partial charge is 0.370 e. The summed E-state index contributed by atoms with van der Waals surface area (Å²) in [4.78, 5) is 1.70. The molecule has 3 N–H and O–H groups in total. The molecule has 4 heteroatoms. The Hall–Kier alpha value is -1.39. The minimum atomic E-state index is 0.439. The van der Waals surface area contributed by atoms with Crippen LogP contribution in [0.1, 0.15) is 29.9 Å². The summed E-state index contributed by atoms with van der Waals surface area (Å²) in [6.07, 6.45) is 2.43. The number of morpholine rings is 1. The lowest BCUT2D eigenvalue weighted by Crippen LogP contribution is -3.14. The van der Waals surface area contributed by atoms with Crippen molar-refractivity contribution in [2.24, 2.45) is 0 Å². The SMILES string of the molecule is Clc1ccc([C@H](CC[NH2+]CCC[NH+]2CCOCC2)c2ccccc2)cc1. The smallest absolute Gasteiger partial charge is 0.101 e. The van der Waals surface area contributed by atoms with Crippen molar-refractivity contribution in [3.63, 3.8) is 0 Å². The van der Waals surface area contributed by atoms with Gasteiger partial charge in [0.15, 0.2) is 0 Å².